The molecule has 0 radical (unpaired) electrons. The Morgan fingerprint density at radius 3 is 2.61 bits per heavy atom. The number of aromatic nitrogens is 2. The lowest BCUT2D eigenvalue weighted by atomic mass is 10.2. The number of alkyl halides is 3. The number of rotatable bonds is 4. The lowest BCUT2D eigenvalue weighted by molar-refractivity contribution is -0.134. The predicted molar refractivity (Wildman–Crippen MR) is 57.1 cm³/mol. The van der Waals surface area contributed by atoms with E-state index in [0.29, 0.717) is 5.69 Å². The maximum atomic E-state index is 12.0. The normalized spacial score (nSPS) is 11.4. The van der Waals surface area contributed by atoms with Gasteiger partial charge >= 0.3 is 12.1 Å². The van der Waals surface area contributed by atoms with E-state index in [1.807, 2.05) is 0 Å². The Hall–Kier alpha value is -1.66. The minimum atomic E-state index is -4.24. The van der Waals surface area contributed by atoms with Gasteiger partial charge in [-0.05, 0) is 13.8 Å². The van der Waals surface area contributed by atoms with Gasteiger partial charge in [0, 0.05) is 12.6 Å². The van der Waals surface area contributed by atoms with Crippen LogP contribution < -0.4 is 0 Å². The van der Waals surface area contributed by atoms with Crippen molar-refractivity contribution >= 4 is 5.97 Å². The summed E-state index contributed by atoms with van der Waals surface area (Å²) in [5.74, 6) is -0.504. The fourth-order valence-corrected chi connectivity index (χ4v) is 1.30. The van der Waals surface area contributed by atoms with E-state index in [2.05, 4.69) is 9.97 Å². The Labute approximate surface area is 102 Å². The summed E-state index contributed by atoms with van der Waals surface area (Å²) in [6.07, 6.45) is -4.32. The number of nitrogens with zero attached hydrogens (tertiary/aromatic N) is 2. The summed E-state index contributed by atoms with van der Waals surface area (Å²) in [5.41, 5.74) is 0.494. The van der Waals surface area contributed by atoms with Gasteiger partial charge in [0.15, 0.2) is 0 Å². The monoisotopic (exact) mass is 262 g/mol. The molecule has 0 N–H and O–H groups in total. The van der Waals surface area contributed by atoms with Crippen molar-refractivity contribution in [2.24, 2.45) is 0 Å². The molecule has 0 amide bonds. The molecule has 0 saturated heterocycles. The molecule has 0 saturated carbocycles. The molecule has 0 spiro atoms. The maximum Gasteiger partial charge on any atom is 0.389 e. The fraction of sp³-hybridized carbons (Fsp3) is 0.545. The highest BCUT2D eigenvalue weighted by Crippen LogP contribution is 2.21. The first kappa shape index (κ1) is 14.4. The standard InChI is InChI=1S/C11H13F3N2O2/c1-3-18-10(17)8-6-15-9(16-7(8)2)4-5-11(12,13)14/h6H,3-5H2,1-2H3. The van der Waals surface area contributed by atoms with Crippen molar-refractivity contribution in [1.82, 2.24) is 9.97 Å². The molecular formula is C11H13F3N2O2. The van der Waals surface area contributed by atoms with Gasteiger partial charge in [0.05, 0.1) is 24.3 Å². The zero-order valence-corrected chi connectivity index (χ0v) is 10.0. The van der Waals surface area contributed by atoms with Crippen LogP contribution in [0.15, 0.2) is 6.20 Å². The SMILES string of the molecule is CCOC(=O)c1cnc(CCC(F)(F)F)nc1C. The van der Waals surface area contributed by atoms with Crippen molar-refractivity contribution in [2.75, 3.05) is 6.61 Å². The molecule has 0 fully saturated rings. The van der Waals surface area contributed by atoms with Gasteiger partial charge in [-0.3, -0.25) is 0 Å². The van der Waals surface area contributed by atoms with Crippen LogP contribution in [0.1, 0.15) is 35.2 Å². The number of carbonyl (C=O) groups excluding carboxylic acids is 1. The third-order valence-corrected chi connectivity index (χ3v) is 2.16. The van der Waals surface area contributed by atoms with E-state index in [0.717, 1.165) is 0 Å². The van der Waals surface area contributed by atoms with Crippen LogP contribution in [0.25, 0.3) is 0 Å². The molecule has 1 aromatic heterocycles. The van der Waals surface area contributed by atoms with Gasteiger partial charge in [0.1, 0.15) is 5.82 Å². The molecule has 0 aliphatic heterocycles. The third-order valence-electron chi connectivity index (χ3n) is 2.16. The number of esters is 1. The molecule has 0 aliphatic rings. The van der Waals surface area contributed by atoms with Gasteiger partial charge in [0.25, 0.3) is 0 Å². The second-order valence-electron chi connectivity index (χ2n) is 3.62. The highest BCUT2D eigenvalue weighted by atomic mass is 19.4. The van der Waals surface area contributed by atoms with Gasteiger partial charge in [-0.15, -0.1) is 0 Å². The molecule has 0 unspecified atom stereocenters. The number of halogens is 3. The first-order chi connectivity index (χ1) is 8.33. The summed E-state index contributed by atoms with van der Waals surface area (Å²) in [7, 11) is 0. The molecule has 7 heteroatoms. The lowest BCUT2D eigenvalue weighted by Crippen LogP contribution is -2.13. The van der Waals surface area contributed by atoms with E-state index < -0.39 is 18.6 Å². The molecule has 0 bridgehead atoms. The van der Waals surface area contributed by atoms with Crippen LogP contribution in [0, 0.1) is 6.92 Å². The van der Waals surface area contributed by atoms with Gasteiger partial charge < -0.3 is 4.74 Å². The minimum Gasteiger partial charge on any atom is -0.462 e. The number of aryl methyl sites for hydroxylation is 2. The van der Waals surface area contributed by atoms with Crippen molar-refractivity contribution in [2.45, 2.75) is 32.9 Å². The fourth-order valence-electron chi connectivity index (χ4n) is 1.30. The number of ether oxygens (including phenoxy) is 1. The Morgan fingerprint density at radius 1 is 1.44 bits per heavy atom. The van der Waals surface area contributed by atoms with Crippen LogP contribution >= 0.6 is 0 Å². The highest BCUT2D eigenvalue weighted by Gasteiger charge is 2.27. The number of hydrogen-bond acceptors (Lipinski definition) is 4. The topological polar surface area (TPSA) is 52.1 Å². The van der Waals surface area contributed by atoms with Crippen LogP contribution in [0.3, 0.4) is 0 Å². The quantitative estimate of drug-likeness (QED) is 0.782. The molecule has 4 nitrogen and oxygen atoms in total. The molecule has 100 valence electrons. The second-order valence-corrected chi connectivity index (χ2v) is 3.62. The Balaban J connectivity index is 2.76. The molecular weight excluding hydrogens is 249 g/mol. The summed E-state index contributed by atoms with van der Waals surface area (Å²) < 4.78 is 40.8. The predicted octanol–water partition coefficient (Wildman–Crippen LogP) is 2.46. The van der Waals surface area contributed by atoms with E-state index in [-0.39, 0.29) is 24.4 Å². The smallest absolute Gasteiger partial charge is 0.389 e. The third kappa shape index (κ3) is 4.31. The van der Waals surface area contributed by atoms with E-state index >= 15 is 0 Å². The molecule has 1 heterocycles. The first-order valence-corrected chi connectivity index (χ1v) is 5.40. The number of hydrogen-bond donors (Lipinski definition) is 0. The van der Waals surface area contributed by atoms with Crippen molar-refractivity contribution in [3.05, 3.63) is 23.3 Å². The van der Waals surface area contributed by atoms with Gasteiger partial charge in [0.2, 0.25) is 0 Å². The minimum absolute atomic E-state index is 0.0675. The lowest BCUT2D eigenvalue weighted by Gasteiger charge is -2.07. The summed E-state index contributed by atoms with van der Waals surface area (Å²) in [4.78, 5) is 19.0. The maximum absolute atomic E-state index is 12.0. The first-order valence-electron chi connectivity index (χ1n) is 5.40. The van der Waals surface area contributed by atoms with Gasteiger partial charge in [-0.25, -0.2) is 14.8 Å². The summed E-state index contributed by atoms with van der Waals surface area (Å²) >= 11 is 0. The highest BCUT2D eigenvalue weighted by molar-refractivity contribution is 5.90. The van der Waals surface area contributed by atoms with Crippen molar-refractivity contribution in [1.29, 1.82) is 0 Å². The van der Waals surface area contributed by atoms with Crippen LogP contribution in [-0.4, -0.2) is 28.7 Å². The number of carbonyl (C=O) groups is 1. The molecule has 0 aliphatic carbocycles. The average molecular weight is 262 g/mol. The van der Waals surface area contributed by atoms with Crippen LogP contribution in [-0.2, 0) is 11.2 Å². The van der Waals surface area contributed by atoms with E-state index in [1.54, 1.807) is 6.92 Å². The molecule has 1 rings (SSSR count). The average Bonchev–Trinajstić information content (AvgIpc) is 2.25. The van der Waals surface area contributed by atoms with Crippen LogP contribution in [0.4, 0.5) is 13.2 Å². The summed E-state index contributed by atoms with van der Waals surface area (Å²) in [6.45, 7) is 3.41. The second kappa shape index (κ2) is 5.79. The van der Waals surface area contributed by atoms with E-state index in [1.165, 1.54) is 13.1 Å². The van der Waals surface area contributed by atoms with Crippen molar-refractivity contribution in [3.63, 3.8) is 0 Å². The Bertz CT molecular complexity index is 433. The molecule has 0 atom stereocenters. The largest absolute Gasteiger partial charge is 0.462 e. The van der Waals surface area contributed by atoms with Gasteiger partial charge in [-0.2, -0.15) is 13.2 Å². The molecule has 1 aromatic rings. The Kier molecular flexibility index (Phi) is 4.63. The Morgan fingerprint density at radius 2 is 2.11 bits per heavy atom. The van der Waals surface area contributed by atoms with Crippen molar-refractivity contribution < 1.29 is 22.7 Å². The van der Waals surface area contributed by atoms with Gasteiger partial charge in [-0.1, -0.05) is 0 Å². The summed E-state index contributed by atoms with van der Waals surface area (Å²) in [6, 6.07) is 0. The van der Waals surface area contributed by atoms with E-state index in [9.17, 15) is 18.0 Å². The molecule has 18 heavy (non-hydrogen) atoms. The zero-order chi connectivity index (χ0) is 13.8. The van der Waals surface area contributed by atoms with E-state index in [4.69, 9.17) is 4.74 Å². The summed E-state index contributed by atoms with van der Waals surface area (Å²) in [5, 5.41) is 0. The zero-order valence-electron chi connectivity index (χ0n) is 10.0. The van der Waals surface area contributed by atoms with Crippen LogP contribution in [0.2, 0.25) is 0 Å². The van der Waals surface area contributed by atoms with Crippen molar-refractivity contribution in [3.8, 4) is 0 Å². The van der Waals surface area contributed by atoms with Crippen LogP contribution in [0.5, 0.6) is 0 Å². The molecule has 0 aromatic carbocycles.